The number of rotatable bonds is 13. The highest BCUT2D eigenvalue weighted by Crippen LogP contribution is 2.33. The molecule has 2 aromatic carbocycles. The lowest BCUT2D eigenvalue weighted by Gasteiger charge is -2.33. The van der Waals surface area contributed by atoms with Crippen molar-refractivity contribution in [2.24, 2.45) is 11.3 Å². The molecule has 2 aliphatic rings. The maximum atomic E-state index is 13.8. The summed E-state index contributed by atoms with van der Waals surface area (Å²) in [6.45, 7) is 6.31. The van der Waals surface area contributed by atoms with Crippen LogP contribution in [0.4, 0.5) is 9.59 Å². The topological polar surface area (TPSA) is 157 Å². The van der Waals surface area contributed by atoms with Crippen LogP contribution in [0.5, 0.6) is 0 Å². The lowest BCUT2D eigenvalue weighted by atomic mass is 9.85. The normalized spacial score (nSPS) is 20.9. The Balaban J connectivity index is 1.35. The van der Waals surface area contributed by atoms with Gasteiger partial charge in [0.2, 0.25) is 5.91 Å². The van der Waals surface area contributed by atoms with E-state index >= 15 is 0 Å². The van der Waals surface area contributed by atoms with Crippen molar-refractivity contribution in [3.8, 4) is 11.3 Å². The molecule has 12 heteroatoms. The highest BCUT2D eigenvalue weighted by Gasteiger charge is 2.44. The molecule has 12 nitrogen and oxygen atoms in total. The molecule has 268 valence electrons. The number of alkyl carbamates (subject to hydrolysis) is 2. The first-order valence-electron chi connectivity index (χ1n) is 17.1. The van der Waals surface area contributed by atoms with Crippen LogP contribution in [0.15, 0.2) is 79.0 Å². The van der Waals surface area contributed by atoms with Crippen molar-refractivity contribution < 1.29 is 38.4 Å². The molecule has 0 bridgehead atoms. The van der Waals surface area contributed by atoms with Crippen molar-refractivity contribution in [3.05, 3.63) is 90.1 Å². The van der Waals surface area contributed by atoms with Gasteiger partial charge in [-0.05, 0) is 54.4 Å². The second-order valence-corrected chi connectivity index (χ2v) is 14.0. The van der Waals surface area contributed by atoms with E-state index in [0.29, 0.717) is 13.0 Å². The third kappa shape index (κ3) is 10.0. The van der Waals surface area contributed by atoms with Gasteiger partial charge in [0.05, 0.1) is 44.1 Å². The second-order valence-electron chi connectivity index (χ2n) is 14.0. The molecule has 2 aliphatic heterocycles. The van der Waals surface area contributed by atoms with Gasteiger partial charge in [-0.25, -0.2) is 9.59 Å². The number of carbonyl (C=O) groups is 3. The molecule has 0 saturated carbocycles. The standard InChI is InChI=1S/C38H48N4O8/c1-38(2,3)33(42-36(45)47-4)34(44)41-30(21-25-13-15-26(16-14-25)29-12-8-9-18-39-29)31(43)22-27(20-24-10-6-5-7-11-24)40-37(46)50-32-23-49-35-28(32)17-19-48-35/h5-16,18,27-28,30-33,35,43H,17,19-23H2,1-4H3,(H,40,46)(H,41,44)(H,42,45)/t27?,28-,30?,31?,32-,33?,35+/m0/s1. The first kappa shape index (κ1) is 36.8. The number of aliphatic hydroxyl groups is 1. The Kier molecular flexibility index (Phi) is 12.4. The number of aliphatic hydroxyl groups excluding tert-OH is 1. The van der Waals surface area contributed by atoms with Gasteiger partial charge in [0.1, 0.15) is 12.1 Å². The number of amides is 3. The number of benzene rings is 2. The van der Waals surface area contributed by atoms with E-state index < -0.39 is 53.8 Å². The smallest absolute Gasteiger partial charge is 0.407 e. The summed E-state index contributed by atoms with van der Waals surface area (Å²) in [7, 11) is 1.23. The summed E-state index contributed by atoms with van der Waals surface area (Å²) in [5, 5.41) is 20.5. The monoisotopic (exact) mass is 688 g/mol. The molecule has 4 unspecified atom stereocenters. The van der Waals surface area contributed by atoms with E-state index in [2.05, 4.69) is 20.9 Å². The van der Waals surface area contributed by atoms with Crippen molar-refractivity contribution in [1.29, 1.82) is 0 Å². The molecule has 3 aromatic rings. The van der Waals surface area contributed by atoms with E-state index in [-0.39, 0.29) is 31.7 Å². The third-order valence-electron chi connectivity index (χ3n) is 9.15. The van der Waals surface area contributed by atoms with Gasteiger partial charge in [-0.2, -0.15) is 0 Å². The first-order valence-corrected chi connectivity index (χ1v) is 17.1. The van der Waals surface area contributed by atoms with E-state index in [4.69, 9.17) is 18.9 Å². The van der Waals surface area contributed by atoms with E-state index in [1.54, 1.807) is 6.20 Å². The number of carbonyl (C=O) groups excluding carboxylic acids is 3. The largest absolute Gasteiger partial charge is 0.453 e. The van der Waals surface area contributed by atoms with Crippen LogP contribution in [0.1, 0.15) is 44.7 Å². The number of hydrogen-bond donors (Lipinski definition) is 4. The molecule has 5 rings (SSSR count). The van der Waals surface area contributed by atoms with Crippen LogP contribution in [-0.4, -0.2) is 85.1 Å². The zero-order valence-corrected chi connectivity index (χ0v) is 29.0. The molecule has 2 fully saturated rings. The summed E-state index contributed by atoms with van der Waals surface area (Å²) < 4.78 is 21.8. The maximum Gasteiger partial charge on any atom is 0.407 e. The summed E-state index contributed by atoms with van der Waals surface area (Å²) in [6.07, 6.45) is 0.0237. The van der Waals surface area contributed by atoms with Gasteiger partial charge >= 0.3 is 12.2 Å². The number of fused-ring (bicyclic) bond motifs is 1. The SMILES string of the molecule is COC(=O)NC(C(=O)NC(Cc1ccc(-c2ccccn2)cc1)C(O)CC(Cc1ccccc1)NC(=O)O[C@H]1CO[C@H]2OCC[C@H]21)C(C)(C)C. The number of hydrogen-bond acceptors (Lipinski definition) is 9. The van der Waals surface area contributed by atoms with Gasteiger partial charge in [-0.15, -0.1) is 0 Å². The van der Waals surface area contributed by atoms with Crippen LogP contribution in [0.2, 0.25) is 0 Å². The zero-order chi connectivity index (χ0) is 35.7. The highest BCUT2D eigenvalue weighted by atomic mass is 16.7. The first-order chi connectivity index (χ1) is 24.0. The second kappa shape index (κ2) is 16.9. The van der Waals surface area contributed by atoms with Crippen molar-refractivity contribution >= 4 is 18.1 Å². The number of nitrogens with one attached hydrogen (secondary N) is 3. The van der Waals surface area contributed by atoms with Crippen molar-refractivity contribution in [3.63, 3.8) is 0 Å². The predicted molar refractivity (Wildman–Crippen MR) is 186 cm³/mol. The Bertz CT molecular complexity index is 1550. The van der Waals surface area contributed by atoms with Crippen LogP contribution in [-0.2, 0) is 36.6 Å². The van der Waals surface area contributed by atoms with Crippen LogP contribution < -0.4 is 16.0 Å². The van der Waals surface area contributed by atoms with Crippen LogP contribution >= 0.6 is 0 Å². The average Bonchev–Trinajstić information content (AvgIpc) is 3.72. The fourth-order valence-corrected chi connectivity index (χ4v) is 6.43. The quantitative estimate of drug-likeness (QED) is 0.204. The molecule has 0 radical (unpaired) electrons. The van der Waals surface area contributed by atoms with Gasteiger partial charge in [0.15, 0.2) is 6.29 Å². The van der Waals surface area contributed by atoms with Crippen molar-refractivity contribution in [1.82, 2.24) is 20.9 Å². The Morgan fingerprint density at radius 1 is 0.900 bits per heavy atom. The minimum Gasteiger partial charge on any atom is -0.453 e. The highest BCUT2D eigenvalue weighted by molar-refractivity contribution is 5.86. The maximum absolute atomic E-state index is 13.8. The number of aromatic nitrogens is 1. The number of ether oxygens (including phenoxy) is 4. The molecule has 50 heavy (non-hydrogen) atoms. The number of pyridine rings is 1. The number of methoxy groups -OCH3 is 1. The summed E-state index contributed by atoms with van der Waals surface area (Å²) in [5.41, 5.74) is 2.90. The zero-order valence-electron chi connectivity index (χ0n) is 29.0. The summed E-state index contributed by atoms with van der Waals surface area (Å²) >= 11 is 0. The molecule has 3 amide bonds. The molecule has 7 atom stereocenters. The van der Waals surface area contributed by atoms with Gasteiger partial charge in [0, 0.05) is 17.8 Å². The van der Waals surface area contributed by atoms with E-state index in [1.807, 2.05) is 93.6 Å². The Hall–Kier alpha value is -4.52. The molecule has 3 heterocycles. The molecule has 1 aromatic heterocycles. The van der Waals surface area contributed by atoms with Gasteiger partial charge < -0.3 is 40.0 Å². The third-order valence-corrected chi connectivity index (χ3v) is 9.15. The van der Waals surface area contributed by atoms with E-state index in [0.717, 1.165) is 28.8 Å². The van der Waals surface area contributed by atoms with Crippen LogP contribution in [0.3, 0.4) is 0 Å². The lowest BCUT2D eigenvalue weighted by Crippen LogP contribution is -2.58. The molecular weight excluding hydrogens is 640 g/mol. The van der Waals surface area contributed by atoms with E-state index in [1.165, 1.54) is 7.11 Å². The number of nitrogens with zero attached hydrogens (tertiary/aromatic N) is 1. The molecular formula is C38H48N4O8. The van der Waals surface area contributed by atoms with Gasteiger partial charge in [-0.3, -0.25) is 9.78 Å². The minimum atomic E-state index is -1.11. The fourth-order valence-electron chi connectivity index (χ4n) is 6.43. The van der Waals surface area contributed by atoms with E-state index in [9.17, 15) is 19.5 Å². The molecule has 4 N–H and O–H groups in total. The molecule has 0 spiro atoms. The summed E-state index contributed by atoms with van der Waals surface area (Å²) in [4.78, 5) is 43.7. The molecule has 2 saturated heterocycles. The van der Waals surface area contributed by atoms with Crippen LogP contribution in [0, 0.1) is 11.3 Å². The van der Waals surface area contributed by atoms with Crippen molar-refractivity contribution in [2.75, 3.05) is 20.3 Å². The Morgan fingerprint density at radius 3 is 2.30 bits per heavy atom. The molecule has 0 aliphatic carbocycles. The Labute approximate surface area is 293 Å². The summed E-state index contributed by atoms with van der Waals surface area (Å²) in [6, 6.07) is 20.8. The Morgan fingerprint density at radius 2 is 1.62 bits per heavy atom. The predicted octanol–water partition coefficient (Wildman–Crippen LogP) is 4.40. The minimum absolute atomic E-state index is 0.0167. The van der Waals surface area contributed by atoms with Crippen LogP contribution in [0.25, 0.3) is 11.3 Å². The van der Waals surface area contributed by atoms with Crippen molar-refractivity contribution in [2.45, 2.75) is 83.1 Å². The van der Waals surface area contributed by atoms with Gasteiger partial charge in [-0.1, -0.05) is 81.4 Å². The lowest BCUT2D eigenvalue weighted by molar-refractivity contribution is -0.127. The van der Waals surface area contributed by atoms with Gasteiger partial charge in [0.25, 0.3) is 0 Å². The average molecular weight is 689 g/mol. The fraction of sp³-hybridized carbons (Fsp3) is 0.474. The summed E-state index contributed by atoms with van der Waals surface area (Å²) in [5.74, 6) is -0.490.